The van der Waals surface area contributed by atoms with E-state index >= 15 is 0 Å². The van der Waals surface area contributed by atoms with Gasteiger partial charge in [-0.2, -0.15) is 0 Å². The molecule has 1 aliphatic carbocycles. The molecule has 1 aliphatic heterocycles. The molecule has 2 aromatic rings. The smallest absolute Gasteiger partial charge is 0.319 e. The number of amides is 3. The Kier molecular flexibility index (Phi) is 5.84. The molecule has 2 atom stereocenters. The van der Waals surface area contributed by atoms with Gasteiger partial charge in [0.25, 0.3) is 5.91 Å². The zero-order valence-corrected chi connectivity index (χ0v) is 16.8. The number of nitrogens with zero attached hydrogens (tertiary/aromatic N) is 2. The number of fused-ring (bicyclic) bond motifs is 1. The van der Waals surface area contributed by atoms with Crippen LogP contribution in [0.5, 0.6) is 0 Å². The normalized spacial score (nSPS) is 21.3. The van der Waals surface area contributed by atoms with Gasteiger partial charge in [0.15, 0.2) is 0 Å². The van der Waals surface area contributed by atoms with Crippen molar-refractivity contribution in [1.82, 2.24) is 4.90 Å². The number of nitrogens with two attached hydrogens (primary N) is 1. The number of anilines is 1. The molecule has 29 heavy (non-hydrogen) atoms. The number of hydrogen-bond donors (Lipinski definition) is 1. The molecule has 0 spiro atoms. The van der Waals surface area contributed by atoms with Gasteiger partial charge in [0.2, 0.25) is 0 Å². The molecule has 2 aliphatic rings. The number of para-hydroxylation sites is 1. The minimum absolute atomic E-state index is 0.142. The molecule has 1 saturated carbocycles. The van der Waals surface area contributed by atoms with Gasteiger partial charge in [0.05, 0.1) is 6.54 Å². The van der Waals surface area contributed by atoms with E-state index in [0.717, 1.165) is 36.2 Å². The lowest BCUT2D eigenvalue weighted by atomic mass is 9.78. The average molecular weight is 392 g/mol. The summed E-state index contributed by atoms with van der Waals surface area (Å²) in [5.41, 5.74) is 8.01. The van der Waals surface area contributed by atoms with Crippen LogP contribution in [0.3, 0.4) is 0 Å². The van der Waals surface area contributed by atoms with E-state index in [1.54, 1.807) is 0 Å². The lowest BCUT2D eigenvalue weighted by Crippen LogP contribution is -2.49. The first kappa shape index (κ1) is 19.5. The Morgan fingerprint density at radius 3 is 2.34 bits per heavy atom. The summed E-state index contributed by atoms with van der Waals surface area (Å²) in [7, 11) is 0. The highest BCUT2D eigenvalue weighted by atomic mass is 16.2. The average Bonchev–Trinajstić information content (AvgIpc) is 2.77. The van der Waals surface area contributed by atoms with Crippen molar-refractivity contribution >= 4 is 17.6 Å². The van der Waals surface area contributed by atoms with Crippen LogP contribution in [0.4, 0.5) is 10.5 Å². The van der Waals surface area contributed by atoms with Crippen LogP contribution in [0.1, 0.15) is 54.4 Å². The Labute approximate surface area is 172 Å². The van der Waals surface area contributed by atoms with Crippen LogP contribution in [-0.4, -0.2) is 29.4 Å². The summed E-state index contributed by atoms with van der Waals surface area (Å²) in [6.07, 6.45) is 7.29. The van der Waals surface area contributed by atoms with Crippen molar-refractivity contribution < 1.29 is 9.59 Å². The van der Waals surface area contributed by atoms with Crippen molar-refractivity contribution in [1.29, 1.82) is 0 Å². The molecule has 4 rings (SSSR count). The van der Waals surface area contributed by atoms with Crippen molar-refractivity contribution in [2.45, 2.75) is 51.1 Å². The maximum absolute atomic E-state index is 13.2. The van der Waals surface area contributed by atoms with Gasteiger partial charge in [-0.05, 0) is 61.4 Å². The third kappa shape index (κ3) is 4.29. The van der Waals surface area contributed by atoms with Crippen molar-refractivity contribution in [3.63, 3.8) is 0 Å². The van der Waals surface area contributed by atoms with Crippen LogP contribution in [0, 0.1) is 5.92 Å². The van der Waals surface area contributed by atoms with Gasteiger partial charge in [-0.25, -0.2) is 4.79 Å². The van der Waals surface area contributed by atoms with Crippen molar-refractivity contribution in [2.75, 3.05) is 11.4 Å². The monoisotopic (exact) mass is 391 g/mol. The zero-order valence-electron chi connectivity index (χ0n) is 16.8. The van der Waals surface area contributed by atoms with Crippen LogP contribution < -0.4 is 10.6 Å². The topological polar surface area (TPSA) is 66.6 Å². The number of piperidine rings is 1. The van der Waals surface area contributed by atoms with E-state index < -0.39 is 6.03 Å². The largest absolute Gasteiger partial charge is 0.351 e. The van der Waals surface area contributed by atoms with E-state index in [9.17, 15) is 9.59 Å². The summed E-state index contributed by atoms with van der Waals surface area (Å²) in [4.78, 5) is 28.7. The molecule has 2 fully saturated rings. The summed E-state index contributed by atoms with van der Waals surface area (Å²) in [6, 6.07) is 16.9. The maximum atomic E-state index is 13.2. The molecule has 0 radical (unpaired) electrons. The fraction of sp³-hybridized carbons (Fsp3) is 0.417. The van der Waals surface area contributed by atoms with Crippen molar-refractivity contribution in [2.24, 2.45) is 11.7 Å². The second-order valence-electron chi connectivity index (χ2n) is 8.21. The first-order valence-corrected chi connectivity index (χ1v) is 10.7. The lowest BCUT2D eigenvalue weighted by Gasteiger charge is -2.44. The Bertz CT molecular complexity index is 848. The summed E-state index contributed by atoms with van der Waals surface area (Å²) < 4.78 is 0. The number of benzene rings is 2. The predicted molar refractivity (Wildman–Crippen MR) is 115 cm³/mol. The SMILES string of the molecule is NC(=O)N(Cc1ccc(C(=O)N2CCCC3CCCCC32)cc1)c1ccccc1. The molecule has 3 amide bonds. The fourth-order valence-electron chi connectivity index (χ4n) is 4.88. The predicted octanol–water partition coefficient (Wildman–Crippen LogP) is 4.57. The number of carbonyl (C=O) groups excluding carboxylic acids is 2. The van der Waals surface area contributed by atoms with E-state index in [-0.39, 0.29) is 5.91 Å². The summed E-state index contributed by atoms with van der Waals surface area (Å²) in [5, 5.41) is 0. The Balaban J connectivity index is 1.47. The molecule has 1 saturated heterocycles. The molecule has 2 N–H and O–H groups in total. The van der Waals surface area contributed by atoms with E-state index in [2.05, 4.69) is 4.90 Å². The van der Waals surface area contributed by atoms with Crippen LogP contribution in [-0.2, 0) is 6.54 Å². The molecule has 2 unspecified atom stereocenters. The van der Waals surface area contributed by atoms with Gasteiger partial charge in [0, 0.05) is 23.8 Å². The van der Waals surface area contributed by atoms with Gasteiger partial charge in [0.1, 0.15) is 0 Å². The number of urea groups is 1. The maximum Gasteiger partial charge on any atom is 0.319 e. The highest BCUT2D eigenvalue weighted by molar-refractivity contribution is 5.94. The number of hydrogen-bond acceptors (Lipinski definition) is 2. The second-order valence-corrected chi connectivity index (χ2v) is 8.21. The first-order valence-electron chi connectivity index (χ1n) is 10.7. The van der Waals surface area contributed by atoms with Gasteiger partial charge >= 0.3 is 6.03 Å². The third-order valence-electron chi connectivity index (χ3n) is 6.38. The third-order valence-corrected chi connectivity index (χ3v) is 6.38. The van der Waals surface area contributed by atoms with E-state index in [0.29, 0.717) is 18.5 Å². The minimum Gasteiger partial charge on any atom is -0.351 e. The molecular weight excluding hydrogens is 362 g/mol. The number of rotatable bonds is 4. The van der Waals surface area contributed by atoms with E-state index in [1.807, 2.05) is 54.6 Å². The number of carbonyl (C=O) groups is 2. The molecule has 5 nitrogen and oxygen atoms in total. The lowest BCUT2D eigenvalue weighted by molar-refractivity contribution is 0.0390. The summed E-state index contributed by atoms with van der Waals surface area (Å²) in [5.74, 6) is 0.818. The van der Waals surface area contributed by atoms with Gasteiger partial charge in [-0.1, -0.05) is 43.2 Å². The molecule has 0 aromatic heterocycles. The Hall–Kier alpha value is -2.82. The Morgan fingerprint density at radius 1 is 0.931 bits per heavy atom. The van der Waals surface area contributed by atoms with Gasteiger partial charge in [-0.3, -0.25) is 9.69 Å². The number of likely N-dealkylation sites (tertiary alicyclic amines) is 1. The fourth-order valence-corrected chi connectivity index (χ4v) is 4.88. The summed E-state index contributed by atoms with van der Waals surface area (Å²) in [6.45, 7) is 1.24. The highest BCUT2D eigenvalue weighted by Crippen LogP contribution is 2.36. The van der Waals surface area contributed by atoms with Crippen LogP contribution in [0.2, 0.25) is 0 Å². The zero-order chi connectivity index (χ0) is 20.2. The van der Waals surface area contributed by atoms with Crippen LogP contribution in [0.15, 0.2) is 54.6 Å². The van der Waals surface area contributed by atoms with E-state index in [1.165, 1.54) is 30.6 Å². The summed E-state index contributed by atoms with van der Waals surface area (Å²) >= 11 is 0. The van der Waals surface area contributed by atoms with E-state index in [4.69, 9.17) is 5.73 Å². The molecular formula is C24H29N3O2. The molecule has 0 bridgehead atoms. The van der Waals surface area contributed by atoms with Gasteiger partial charge in [-0.15, -0.1) is 0 Å². The quantitative estimate of drug-likeness (QED) is 0.830. The molecule has 5 heteroatoms. The minimum atomic E-state index is -0.493. The molecule has 152 valence electrons. The Morgan fingerprint density at radius 2 is 1.62 bits per heavy atom. The first-order chi connectivity index (χ1) is 14.1. The van der Waals surface area contributed by atoms with Crippen molar-refractivity contribution in [3.8, 4) is 0 Å². The standard InChI is InChI=1S/C24H29N3O2/c25-24(29)27(21-9-2-1-3-10-21)17-18-12-14-20(15-13-18)23(28)26-16-6-8-19-7-4-5-11-22(19)26/h1-3,9-10,12-15,19,22H,4-8,11,16-17H2,(H2,25,29). The molecule has 1 heterocycles. The van der Waals surface area contributed by atoms with Crippen LogP contribution >= 0.6 is 0 Å². The van der Waals surface area contributed by atoms with Crippen molar-refractivity contribution in [3.05, 3.63) is 65.7 Å². The van der Waals surface area contributed by atoms with Crippen LogP contribution in [0.25, 0.3) is 0 Å². The molecule has 2 aromatic carbocycles. The van der Waals surface area contributed by atoms with Gasteiger partial charge < -0.3 is 10.6 Å². The highest BCUT2D eigenvalue weighted by Gasteiger charge is 2.35. The second kappa shape index (κ2) is 8.68. The number of primary amides is 1.